The minimum Gasteiger partial charge on any atom is -0.374 e. The normalized spacial score (nSPS) is 10.2. The average Bonchev–Trinajstić information content (AvgIpc) is 2.62. The molecule has 0 amide bonds. The summed E-state index contributed by atoms with van der Waals surface area (Å²) in [5.74, 6) is 0. The molecule has 0 spiro atoms. The van der Waals surface area contributed by atoms with Gasteiger partial charge in [-0.1, -0.05) is 0 Å². The molecule has 0 bridgehead atoms. The van der Waals surface area contributed by atoms with Gasteiger partial charge in [0.1, 0.15) is 6.54 Å². The van der Waals surface area contributed by atoms with E-state index in [1.165, 1.54) is 17.9 Å². The Bertz CT molecular complexity index is 511. The van der Waals surface area contributed by atoms with Crippen LogP contribution in [0.1, 0.15) is 33.3 Å². The molecule has 138 valence electrons. The van der Waals surface area contributed by atoms with Crippen molar-refractivity contribution in [2.45, 2.75) is 46.7 Å². The maximum Gasteiger partial charge on any atom is 0.501 e. The third-order valence-electron chi connectivity index (χ3n) is 3.25. The van der Waals surface area contributed by atoms with Gasteiger partial charge in [-0.05, 0) is 39.7 Å². The Labute approximate surface area is 152 Å². The molecule has 0 aromatic carbocycles. The molecule has 0 aliphatic heterocycles. The molecule has 0 unspecified atom stereocenters. The van der Waals surface area contributed by atoms with Gasteiger partial charge in [0.2, 0.25) is 0 Å². The summed E-state index contributed by atoms with van der Waals surface area (Å²) in [4.78, 5) is 0. The van der Waals surface area contributed by atoms with E-state index >= 15 is 0 Å². The Kier molecular flexibility index (Phi) is 13.2. The Morgan fingerprint density at radius 3 is 1.76 bits per heavy atom. The third-order valence-corrected chi connectivity index (χ3v) is 6.30. The highest BCUT2D eigenvalue weighted by atomic mass is 28.4. The Balaban J connectivity index is 0.00000101. The van der Waals surface area contributed by atoms with Crippen LogP contribution in [0.4, 0.5) is 0 Å². The number of hydrogen-bond acceptors (Lipinski definition) is 6. The van der Waals surface area contributed by atoms with Crippen LogP contribution in [0.3, 0.4) is 0 Å². The van der Waals surface area contributed by atoms with E-state index in [0.717, 1.165) is 19.0 Å². The van der Waals surface area contributed by atoms with Crippen LogP contribution in [-0.4, -0.2) is 28.6 Å². The highest BCUT2D eigenvalue weighted by Crippen LogP contribution is 2.18. The van der Waals surface area contributed by atoms with E-state index < -0.39 is 8.80 Å². The van der Waals surface area contributed by atoms with Gasteiger partial charge >= 0.3 is 8.80 Å². The third kappa shape index (κ3) is 9.80. The van der Waals surface area contributed by atoms with E-state index in [1.807, 2.05) is 20.8 Å². The monoisotopic (exact) mass is 365 g/mol. The van der Waals surface area contributed by atoms with Crippen LogP contribution < -0.4 is 9.88 Å². The van der Waals surface area contributed by atoms with Crippen molar-refractivity contribution in [1.82, 2.24) is 5.32 Å². The first-order valence-corrected chi connectivity index (χ1v) is 10.5. The smallest absolute Gasteiger partial charge is 0.374 e. The van der Waals surface area contributed by atoms with Crippen molar-refractivity contribution >= 4 is 8.80 Å². The summed E-state index contributed by atoms with van der Waals surface area (Å²) in [5.41, 5.74) is 1.30. The zero-order chi connectivity index (χ0) is 19.0. The number of nitrogens with one attached hydrogen (secondary N) is 1. The first kappa shape index (κ1) is 23.0. The van der Waals surface area contributed by atoms with Gasteiger partial charge in [0.15, 0.2) is 24.8 Å². The zero-order valence-corrected chi connectivity index (χ0v) is 16.6. The molecule has 1 N–H and O–H groups in total. The lowest BCUT2D eigenvalue weighted by atomic mass is 10.2. The van der Waals surface area contributed by atoms with Gasteiger partial charge in [-0.3, -0.25) is 0 Å². The molecule has 8 heteroatoms. The fraction of sp³-hybridized carbons (Fsp3) is 0.588. The first-order chi connectivity index (χ1) is 12.1. The average molecular weight is 366 g/mol. The van der Waals surface area contributed by atoms with Crippen molar-refractivity contribution in [3.63, 3.8) is 0 Å². The molecule has 1 aromatic heterocycles. The van der Waals surface area contributed by atoms with Crippen LogP contribution in [0.5, 0.6) is 0 Å². The van der Waals surface area contributed by atoms with Gasteiger partial charge in [0.05, 0.1) is 0 Å². The molecule has 0 atom stereocenters. The van der Waals surface area contributed by atoms with Gasteiger partial charge in [0, 0.05) is 38.0 Å². The largest absolute Gasteiger partial charge is 0.501 e. The summed E-state index contributed by atoms with van der Waals surface area (Å²) in [6, 6.07) is 5.15. The van der Waals surface area contributed by atoms with E-state index in [9.17, 15) is 0 Å². The molecule has 1 heterocycles. The van der Waals surface area contributed by atoms with Crippen molar-refractivity contribution in [3.05, 3.63) is 30.1 Å². The van der Waals surface area contributed by atoms with Crippen molar-refractivity contribution < 1.29 is 17.8 Å². The molecule has 0 fully saturated rings. The molecule has 0 aliphatic carbocycles. The maximum absolute atomic E-state index is 7.48. The second-order valence-corrected chi connectivity index (χ2v) is 7.60. The quantitative estimate of drug-likeness (QED) is 0.296. The Hall–Kier alpha value is -1.97. The Morgan fingerprint density at radius 2 is 1.44 bits per heavy atom. The molecule has 0 saturated heterocycles. The molecule has 1 aromatic rings. The molecular formula is C17H29N4O3Si+. The van der Waals surface area contributed by atoms with Crippen LogP contribution in [0.25, 0.3) is 0 Å². The predicted octanol–water partition coefficient (Wildman–Crippen LogP) is 2.12. The van der Waals surface area contributed by atoms with Crippen LogP contribution in [-0.2, 0) is 26.2 Å². The standard InChI is InChI=1S/C15H28NO3Si.C2HN3/c1-5-16-12-9-15(10-13-16)11-14-20(17-6-2,18-7-3)19-8-4;3-1-5-2-4/h9-10,12-13H,5-8,11,14H2,1-4H3;5H/q+1;. The van der Waals surface area contributed by atoms with Crippen LogP contribution in [0.2, 0.25) is 6.04 Å². The second kappa shape index (κ2) is 14.4. The maximum atomic E-state index is 7.48. The fourth-order valence-corrected chi connectivity index (χ4v) is 4.79. The molecule has 25 heavy (non-hydrogen) atoms. The van der Waals surface area contributed by atoms with Crippen LogP contribution >= 0.6 is 0 Å². The van der Waals surface area contributed by atoms with Gasteiger partial charge in [-0.2, -0.15) is 10.5 Å². The Morgan fingerprint density at radius 1 is 0.960 bits per heavy atom. The highest BCUT2D eigenvalue weighted by molar-refractivity contribution is 6.60. The minimum atomic E-state index is -2.51. The molecule has 0 radical (unpaired) electrons. The zero-order valence-electron chi connectivity index (χ0n) is 15.6. The number of aromatic nitrogens is 1. The van der Waals surface area contributed by atoms with Crippen molar-refractivity contribution in [1.29, 1.82) is 10.5 Å². The van der Waals surface area contributed by atoms with E-state index in [-0.39, 0.29) is 0 Å². The predicted molar refractivity (Wildman–Crippen MR) is 95.8 cm³/mol. The van der Waals surface area contributed by atoms with Crippen LogP contribution in [0, 0.1) is 22.9 Å². The van der Waals surface area contributed by atoms with Crippen molar-refractivity contribution in [2.24, 2.45) is 0 Å². The number of pyridine rings is 1. The molecule has 7 nitrogen and oxygen atoms in total. The lowest BCUT2D eigenvalue weighted by Crippen LogP contribution is -2.46. The summed E-state index contributed by atoms with van der Waals surface area (Å²) < 4.78 is 19.8. The lowest BCUT2D eigenvalue weighted by Gasteiger charge is -2.28. The summed E-state index contributed by atoms with van der Waals surface area (Å²) >= 11 is 0. The number of hydrogen-bond donors (Lipinski definition) is 1. The van der Waals surface area contributed by atoms with E-state index in [4.69, 9.17) is 23.8 Å². The van der Waals surface area contributed by atoms with Crippen molar-refractivity contribution in [2.75, 3.05) is 19.8 Å². The molecule has 0 saturated carbocycles. The topological polar surface area (TPSA) is 91.2 Å². The summed E-state index contributed by atoms with van der Waals surface area (Å²) in [6.45, 7) is 11.0. The highest BCUT2D eigenvalue weighted by Gasteiger charge is 2.39. The van der Waals surface area contributed by atoms with E-state index in [2.05, 4.69) is 36.0 Å². The first-order valence-electron chi connectivity index (χ1n) is 8.54. The summed E-state index contributed by atoms with van der Waals surface area (Å²) in [7, 11) is -2.51. The number of nitrogens with zero attached hydrogens (tertiary/aromatic N) is 3. The van der Waals surface area contributed by atoms with E-state index in [1.54, 1.807) is 5.32 Å². The van der Waals surface area contributed by atoms with Gasteiger partial charge < -0.3 is 13.3 Å². The van der Waals surface area contributed by atoms with Crippen molar-refractivity contribution in [3.8, 4) is 12.4 Å². The summed E-state index contributed by atoms with van der Waals surface area (Å²) in [6.07, 6.45) is 7.96. The number of rotatable bonds is 10. The van der Waals surface area contributed by atoms with Crippen LogP contribution in [0.15, 0.2) is 24.5 Å². The minimum absolute atomic E-state index is 0.636. The molecule has 0 aliphatic rings. The summed E-state index contributed by atoms with van der Waals surface area (Å²) in [5, 5.41) is 16.7. The van der Waals surface area contributed by atoms with Gasteiger partial charge in [-0.25, -0.2) is 9.88 Å². The molecule has 1 rings (SSSR count). The van der Waals surface area contributed by atoms with E-state index in [0.29, 0.717) is 19.8 Å². The van der Waals surface area contributed by atoms with Gasteiger partial charge in [0.25, 0.3) is 0 Å². The number of aryl methyl sites for hydroxylation is 2. The second-order valence-electron chi connectivity index (χ2n) is 4.87. The van der Waals surface area contributed by atoms with Gasteiger partial charge in [-0.15, -0.1) is 0 Å². The fourth-order valence-electron chi connectivity index (χ4n) is 2.19. The number of nitriles is 2. The lowest BCUT2D eigenvalue weighted by molar-refractivity contribution is -0.693. The SMILES string of the molecule is CCO[Si](CCc1cc[n+](CC)cc1)(OCC)OCC.N#CNC#N. The molecular weight excluding hydrogens is 336 g/mol.